The molecule has 1 aromatic heterocycles. The third-order valence-corrected chi connectivity index (χ3v) is 9.93. The number of aromatic nitrogens is 2. The van der Waals surface area contributed by atoms with Gasteiger partial charge in [0.05, 0.1) is 11.2 Å². The fourth-order valence-electron chi connectivity index (χ4n) is 7.76. The molecule has 6 aromatic carbocycles. The number of fused-ring (bicyclic) bond motifs is 6. The minimum Gasteiger partial charge on any atom is -0.457 e. The second-order valence-corrected chi connectivity index (χ2v) is 12.5. The maximum Gasteiger partial charge on any atom is 0.160 e. The lowest BCUT2D eigenvalue weighted by Crippen LogP contribution is -2.33. The van der Waals surface area contributed by atoms with Gasteiger partial charge >= 0.3 is 0 Å². The Hall–Kier alpha value is -5.28. The van der Waals surface area contributed by atoms with E-state index in [0.29, 0.717) is 0 Å². The molecule has 45 heavy (non-hydrogen) atoms. The summed E-state index contributed by atoms with van der Waals surface area (Å²) >= 11 is 0. The van der Waals surface area contributed by atoms with Crippen LogP contribution in [0.3, 0.4) is 0 Å². The van der Waals surface area contributed by atoms with Crippen LogP contribution in [0.25, 0.3) is 55.4 Å². The van der Waals surface area contributed by atoms with Crippen molar-refractivity contribution < 1.29 is 4.74 Å². The third kappa shape index (κ3) is 4.26. The van der Waals surface area contributed by atoms with Gasteiger partial charge in [-0.05, 0) is 65.1 Å². The quantitative estimate of drug-likeness (QED) is 0.208. The predicted octanol–water partition coefficient (Wildman–Crippen LogP) is 11.1. The molecule has 1 fully saturated rings. The summed E-state index contributed by atoms with van der Waals surface area (Å²) in [5.74, 6) is 2.74. The first-order valence-electron chi connectivity index (χ1n) is 16.0. The molecule has 1 spiro atoms. The number of para-hydroxylation sites is 2. The van der Waals surface area contributed by atoms with Crippen LogP contribution in [0, 0.1) is 0 Å². The van der Waals surface area contributed by atoms with Crippen LogP contribution >= 0.6 is 0 Å². The van der Waals surface area contributed by atoms with Crippen molar-refractivity contribution >= 4 is 21.7 Å². The Morgan fingerprint density at radius 1 is 0.511 bits per heavy atom. The van der Waals surface area contributed by atoms with Gasteiger partial charge in [0.2, 0.25) is 0 Å². The van der Waals surface area contributed by atoms with Crippen molar-refractivity contribution in [2.24, 2.45) is 0 Å². The van der Waals surface area contributed by atoms with E-state index in [9.17, 15) is 0 Å². The molecule has 3 nitrogen and oxygen atoms in total. The SMILES string of the molecule is c1cc(-c2ccc3c(c2)C2(CCCCC2)c2ccccc2O3)cc(-c2nc(-c3cccc4ccccc34)c3ccccc3n2)c1. The molecule has 0 radical (unpaired) electrons. The first kappa shape index (κ1) is 26.2. The van der Waals surface area contributed by atoms with E-state index in [-0.39, 0.29) is 5.41 Å². The number of benzene rings is 6. The molecule has 7 aromatic rings. The van der Waals surface area contributed by atoms with Gasteiger partial charge in [0, 0.05) is 33.1 Å². The zero-order valence-corrected chi connectivity index (χ0v) is 25.0. The molecule has 3 heteroatoms. The number of nitrogens with zero attached hydrogens (tertiary/aromatic N) is 2. The average molecular weight is 581 g/mol. The monoisotopic (exact) mass is 580 g/mol. The summed E-state index contributed by atoms with van der Waals surface area (Å²) in [6.07, 6.45) is 6.10. The molecule has 1 saturated carbocycles. The normalized spacial score (nSPS) is 15.0. The van der Waals surface area contributed by atoms with Gasteiger partial charge in [0.25, 0.3) is 0 Å². The van der Waals surface area contributed by atoms with Gasteiger partial charge in [-0.3, -0.25) is 0 Å². The Labute approximate surface area is 263 Å². The highest BCUT2D eigenvalue weighted by Crippen LogP contribution is 2.55. The lowest BCUT2D eigenvalue weighted by molar-refractivity contribution is 0.306. The smallest absolute Gasteiger partial charge is 0.160 e. The van der Waals surface area contributed by atoms with Crippen molar-refractivity contribution in [3.05, 3.63) is 145 Å². The fourth-order valence-corrected chi connectivity index (χ4v) is 7.76. The van der Waals surface area contributed by atoms with Crippen LogP contribution in [-0.2, 0) is 5.41 Å². The molecule has 216 valence electrons. The molecule has 1 aliphatic carbocycles. The Balaban J connectivity index is 1.18. The number of hydrogen-bond donors (Lipinski definition) is 0. The topological polar surface area (TPSA) is 35.0 Å². The summed E-state index contributed by atoms with van der Waals surface area (Å²) in [7, 11) is 0. The van der Waals surface area contributed by atoms with Crippen molar-refractivity contribution in [1.29, 1.82) is 0 Å². The van der Waals surface area contributed by atoms with Crippen LogP contribution in [0.15, 0.2) is 133 Å². The summed E-state index contributed by atoms with van der Waals surface area (Å²) < 4.78 is 6.50. The fraction of sp³-hybridized carbons (Fsp3) is 0.143. The van der Waals surface area contributed by atoms with E-state index < -0.39 is 0 Å². The predicted molar refractivity (Wildman–Crippen MR) is 184 cm³/mol. The standard InChI is InChI=1S/C42H32N2O/c1-8-24-42(25-9-1)35-19-5-7-21-38(35)45-39-23-22-30(27-36(39)42)29-14-10-15-31(26-29)41-43-37-20-6-4-17-34(37)40(44-41)33-18-11-13-28-12-2-3-16-32(28)33/h2-7,10-23,26-27H,1,8-9,24-25H2. The van der Waals surface area contributed by atoms with E-state index in [2.05, 4.69) is 133 Å². The van der Waals surface area contributed by atoms with Crippen molar-refractivity contribution in [2.75, 3.05) is 0 Å². The van der Waals surface area contributed by atoms with Gasteiger partial charge in [0.15, 0.2) is 5.82 Å². The molecule has 0 unspecified atom stereocenters. The summed E-state index contributed by atoms with van der Waals surface area (Å²) in [5.41, 5.74) is 9.05. The van der Waals surface area contributed by atoms with Gasteiger partial charge in [-0.15, -0.1) is 0 Å². The molecule has 2 aliphatic rings. The van der Waals surface area contributed by atoms with Crippen molar-refractivity contribution in [1.82, 2.24) is 9.97 Å². The zero-order chi connectivity index (χ0) is 29.8. The van der Waals surface area contributed by atoms with Crippen molar-refractivity contribution in [2.45, 2.75) is 37.5 Å². The van der Waals surface area contributed by atoms with Crippen LogP contribution in [-0.4, -0.2) is 9.97 Å². The second kappa shape index (κ2) is 10.4. The maximum atomic E-state index is 6.50. The van der Waals surface area contributed by atoms with Crippen molar-refractivity contribution in [3.63, 3.8) is 0 Å². The van der Waals surface area contributed by atoms with Gasteiger partial charge in [-0.25, -0.2) is 9.97 Å². The van der Waals surface area contributed by atoms with E-state index >= 15 is 0 Å². The molecular weight excluding hydrogens is 548 g/mol. The molecule has 0 bridgehead atoms. The second-order valence-electron chi connectivity index (χ2n) is 12.5. The lowest BCUT2D eigenvalue weighted by Gasteiger charge is -2.43. The lowest BCUT2D eigenvalue weighted by atomic mass is 9.63. The van der Waals surface area contributed by atoms with Gasteiger partial charge in [0.1, 0.15) is 11.5 Å². The van der Waals surface area contributed by atoms with Gasteiger partial charge < -0.3 is 4.74 Å². The van der Waals surface area contributed by atoms with Crippen LogP contribution in [0.2, 0.25) is 0 Å². The highest BCUT2D eigenvalue weighted by atomic mass is 16.5. The van der Waals surface area contributed by atoms with E-state index in [1.54, 1.807) is 0 Å². The van der Waals surface area contributed by atoms with Gasteiger partial charge in [-0.1, -0.05) is 122 Å². The Bertz CT molecular complexity index is 2240. The highest BCUT2D eigenvalue weighted by Gasteiger charge is 2.42. The first-order valence-corrected chi connectivity index (χ1v) is 16.0. The number of hydrogen-bond acceptors (Lipinski definition) is 3. The van der Waals surface area contributed by atoms with E-state index in [0.717, 1.165) is 63.5 Å². The summed E-state index contributed by atoms with van der Waals surface area (Å²) in [6.45, 7) is 0. The molecule has 0 amide bonds. The van der Waals surface area contributed by atoms with Crippen LogP contribution < -0.4 is 4.74 Å². The van der Waals surface area contributed by atoms with Crippen LogP contribution in [0.5, 0.6) is 11.5 Å². The largest absolute Gasteiger partial charge is 0.457 e. The molecule has 1 aliphatic heterocycles. The molecule has 0 atom stereocenters. The molecule has 0 saturated heterocycles. The van der Waals surface area contributed by atoms with Crippen molar-refractivity contribution in [3.8, 4) is 45.3 Å². The summed E-state index contributed by atoms with van der Waals surface area (Å²) in [6, 6.07) is 47.4. The average Bonchev–Trinajstić information content (AvgIpc) is 3.11. The highest BCUT2D eigenvalue weighted by molar-refractivity contribution is 6.03. The third-order valence-electron chi connectivity index (χ3n) is 9.93. The van der Waals surface area contributed by atoms with Crippen LogP contribution in [0.1, 0.15) is 43.2 Å². The van der Waals surface area contributed by atoms with E-state index in [1.807, 2.05) is 0 Å². The minimum absolute atomic E-state index is 0.00482. The maximum absolute atomic E-state index is 6.50. The Kier molecular flexibility index (Phi) is 6.05. The molecular formula is C42H32N2O. The number of ether oxygens (including phenoxy) is 1. The van der Waals surface area contributed by atoms with E-state index in [4.69, 9.17) is 14.7 Å². The Morgan fingerprint density at radius 3 is 2.16 bits per heavy atom. The molecule has 9 rings (SSSR count). The van der Waals surface area contributed by atoms with Crippen LogP contribution in [0.4, 0.5) is 0 Å². The first-order chi connectivity index (χ1) is 22.3. The summed E-state index contributed by atoms with van der Waals surface area (Å²) in [5, 5.41) is 3.45. The molecule has 0 N–H and O–H groups in total. The number of rotatable bonds is 3. The minimum atomic E-state index is 0.00482. The Morgan fingerprint density at radius 2 is 1.22 bits per heavy atom. The van der Waals surface area contributed by atoms with Gasteiger partial charge in [-0.2, -0.15) is 0 Å². The zero-order valence-electron chi connectivity index (χ0n) is 25.0. The van der Waals surface area contributed by atoms with E-state index in [1.165, 1.54) is 46.7 Å². The summed E-state index contributed by atoms with van der Waals surface area (Å²) in [4.78, 5) is 10.3. The molecule has 2 heterocycles.